The monoisotopic (exact) mass is 408 g/mol. The summed E-state index contributed by atoms with van der Waals surface area (Å²) in [5.74, 6) is -0.225. The van der Waals surface area contributed by atoms with E-state index in [2.05, 4.69) is 31.9 Å². The van der Waals surface area contributed by atoms with Gasteiger partial charge in [0.05, 0.1) is 17.0 Å². The lowest BCUT2D eigenvalue weighted by molar-refractivity contribution is 0.180. The van der Waals surface area contributed by atoms with Crippen LogP contribution in [0.5, 0.6) is 5.75 Å². The van der Waals surface area contributed by atoms with Crippen LogP contribution in [0.4, 0.5) is 4.39 Å². The summed E-state index contributed by atoms with van der Waals surface area (Å²) >= 11 is 8.16. The summed E-state index contributed by atoms with van der Waals surface area (Å²) in [6.07, 6.45) is -0.531. The minimum atomic E-state index is -0.741. The molecule has 6 heteroatoms. The van der Waals surface area contributed by atoms with Crippen LogP contribution in [0.2, 0.25) is 0 Å². The average Bonchev–Trinajstić information content (AvgIpc) is 2.72. The summed E-state index contributed by atoms with van der Waals surface area (Å²) in [7, 11) is 1.42. The van der Waals surface area contributed by atoms with Crippen LogP contribution in [0.3, 0.4) is 0 Å². The minimum absolute atomic E-state index is 0.193. The first-order valence-corrected chi connectivity index (χ1v) is 7.87. The summed E-state index contributed by atoms with van der Waals surface area (Å²) in [5.41, 5.74) is 0.437. The quantitative estimate of drug-likeness (QED) is 0.793. The van der Waals surface area contributed by atoms with Gasteiger partial charge < -0.3 is 9.84 Å². The largest absolute Gasteiger partial charge is 0.494 e. The third-order valence-corrected chi connectivity index (χ3v) is 6.03. The van der Waals surface area contributed by atoms with Gasteiger partial charge in [0.2, 0.25) is 0 Å². The van der Waals surface area contributed by atoms with Gasteiger partial charge in [0.1, 0.15) is 0 Å². The molecule has 1 atom stereocenters. The van der Waals surface area contributed by atoms with Crippen molar-refractivity contribution in [3.8, 4) is 5.75 Å². The molecular weight excluding hydrogens is 399 g/mol. The molecule has 1 aromatic carbocycles. The summed E-state index contributed by atoms with van der Waals surface area (Å²) in [6.45, 7) is 0. The molecule has 2 rings (SSSR count). The Balaban J connectivity index is 2.21. The number of hydrogen-bond donors (Lipinski definition) is 1. The van der Waals surface area contributed by atoms with Crippen molar-refractivity contribution >= 4 is 43.2 Å². The molecule has 1 N–H and O–H groups in total. The van der Waals surface area contributed by atoms with E-state index in [1.54, 1.807) is 18.2 Å². The predicted molar refractivity (Wildman–Crippen MR) is 81.3 cm³/mol. The lowest BCUT2D eigenvalue weighted by Gasteiger charge is -2.11. The molecule has 0 amide bonds. The molecule has 0 saturated heterocycles. The normalized spacial score (nSPS) is 12.5. The third kappa shape index (κ3) is 3.37. The number of thiophene rings is 1. The highest BCUT2D eigenvalue weighted by Gasteiger charge is 2.17. The van der Waals surface area contributed by atoms with Crippen molar-refractivity contribution in [2.24, 2.45) is 0 Å². The molecule has 0 aliphatic heterocycles. The first-order chi connectivity index (χ1) is 9.02. The first kappa shape index (κ1) is 15.0. The first-order valence-electron chi connectivity index (χ1n) is 5.47. The highest BCUT2D eigenvalue weighted by atomic mass is 79.9. The van der Waals surface area contributed by atoms with Crippen molar-refractivity contribution in [2.45, 2.75) is 12.5 Å². The third-order valence-electron chi connectivity index (χ3n) is 2.67. The molecule has 0 spiro atoms. The molecule has 0 bridgehead atoms. The molecule has 0 saturated carbocycles. The molecule has 19 heavy (non-hydrogen) atoms. The number of aliphatic hydroxyl groups is 1. The summed E-state index contributed by atoms with van der Waals surface area (Å²) in [5, 5.41) is 10.2. The van der Waals surface area contributed by atoms with Gasteiger partial charge in [-0.1, -0.05) is 12.1 Å². The SMILES string of the molecule is COc1cccc(CC(O)c2cc(Br)c(Br)s2)c1F. The lowest BCUT2D eigenvalue weighted by atomic mass is 10.1. The summed E-state index contributed by atoms with van der Waals surface area (Å²) < 4.78 is 20.7. The smallest absolute Gasteiger partial charge is 0.168 e. The van der Waals surface area contributed by atoms with Crippen LogP contribution in [0, 0.1) is 5.82 Å². The van der Waals surface area contributed by atoms with Crippen LogP contribution in [-0.4, -0.2) is 12.2 Å². The zero-order valence-electron chi connectivity index (χ0n) is 9.99. The fourth-order valence-electron chi connectivity index (χ4n) is 1.71. The second-order valence-electron chi connectivity index (χ2n) is 3.92. The van der Waals surface area contributed by atoms with Gasteiger partial charge in [-0.05, 0) is 49.6 Å². The molecule has 1 unspecified atom stereocenters. The van der Waals surface area contributed by atoms with Crippen molar-refractivity contribution < 1.29 is 14.2 Å². The highest BCUT2D eigenvalue weighted by Crippen LogP contribution is 2.36. The Kier molecular flexibility index (Phi) is 5.00. The molecule has 0 radical (unpaired) electrons. The van der Waals surface area contributed by atoms with Crippen molar-refractivity contribution in [1.29, 1.82) is 0 Å². The molecule has 0 aliphatic rings. The highest BCUT2D eigenvalue weighted by molar-refractivity contribution is 9.13. The molecular formula is C13H11Br2FO2S. The van der Waals surface area contributed by atoms with Crippen LogP contribution < -0.4 is 4.74 Å². The van der Waals surface area contributed by atoms with Crippen molar-refractivity contribution in [2.75, 3.05) is 7.11 Å². The van der Waals surface area contributed by atoms with Gasteiger partial charge in [-0.25, -0.2) is 4.39 Å². The van der Waals surface area contributed by atoms with Crippen molar-refractivity contribution in [3.63, 3.8) is 0 Å². The number of aliphatic hydroxyl groups excluding tert-OH is 1. The molecule has 0 aliphatic carbocycles. The molecule has 2 nitrogen and oxygen atoms in total. The number of halogens is 3. The van der Waals surface area contributed by atoms with Gasteiger partial charge in [0.25, 0.3) is 0 Å². The molecule has 102 valence electrons. The van der Waals surface area contributed by atoms with Gasteiger partial charge in [-0.3, -0.25) is 0 Å². The lowest BCUT2D eigenvalue weighted by Crippen LogP contribution is -2.03. The maximum atomic E-state index is 14.0. The van der Waals surface area contributed by atoms with Crippen LogP contribution in [0.25, 0.3) is 0 Å². The Morgan fingerprint density at radius 1 is 1.42 bits per heavy atom. The van der Waals surface area contributed by atoms with E-state index >= 15 is 0 Å². The predicted octanol–water partition coefficient (Wildman–Crippen LogP) is 4.70. The summed E-state index contributed by atoms with van der Waals surface area (Å²) in [4.78, 5) is 0.779. The summed E-state index contributed by atoms with van der Waals surface area (Å²) in [6, 6.07) is 6.75. The van der Waals surface area contributed by atoms with Gasteiger partial charge in [-0.2, -0.15) is 0 Å². The number of hydrogen-bond acceptors (Lipinski definition) is 3. The van der Waals surface area contributed by atoms with Crippen LogP contribution in [-0.2, 0) is 6.42 Å². The fraction of sp³-hybridized carbons (Fsp3) is 0.231. The zero-order valence-corrected chi connectivity index (χ0v) is 14.0. The molecule has 0 fully saturated rings. The van der Waals surface area contributed by atoms with Crippen LogP contribution >= 0.6 is 43.2 Å². The Morgan fingerprint density at radius 3 is 2.74 bits per heavy atom. The fourth-order valence-corrected chi connectivity index (χ4v) is 3.78. The van der Waals surface area contributed by atoms with E-state index in [9.17, 15) is 9.50 Å². The van der Waals surface area contributed by atoms with Crippen molar-refractivity contribution in [1.82, 2.24) is 0 Å². The number of methoxy groups -OCH3 is 1. The van der Waals surface area contributed by atoms with E-state index < -0.39 is 11.9 Å². The van der Waals surface area contributed by atoms with E-state index in [1.165, 1.54) is 18.4 Å². The van der Waals surface area contributed by atoms with E-state index in [4.69, 9.17) is 4.74 Å². The second kappa shape index (κ2) is 6.35. The second-order valence-corrected chi connectivity index (χ2v) is 7.18. The van der Waals surface area contributed by atoms with Gasteiger partial charge in [-0.15, -0.1) is 11.3 Å². The Hall–Kier alpha value is -0.430. The van der Waals surface area contributed by atoms with Gasteiger partial charge >= 0.3 is 0 Å². The number of rotatable bonds is 4. The molecule has 2 aromatic rings. The molecule has 1 heterocycles. The Labute approximate surface area is 131 Å². The molecule has 1 aromatic heterocycles. The van der Waals surface area contributed by atoms with E-state index in [1.807, 2.05) is 6.07 Å². The Morgan fingerprint density at radius 2 is 2.16 bits per heavy atom. The minimum Gasteiger partial charge on any atom is -0.494 e. The van der Waals surface area contributed by atoms with Gasteiger partial charge in [0.15, 0.2) is 11.6 Å². The number of ether oxygens (including phenoxy) is 1. The maximum Gasteiger partial charge on any atom is 0.168 e. The Bertz CT molecular complexity index is 567. The standard InChI is InChI=1S/C13H11Br2FO2S/c1-18-10-4-2-3-7(12(10)16)5-9(17)11-6-8(14)13(15)19-11/h2-4,6,9,17H,5H2,1H3. The maximum absolute atomic E-state index is 14.0. The average molecular weight is 410 g/mol. The van der Waals surface area contributed by atoms with Crippen molar-refractivity contribution in [3.05, 3.63) is 48.8 Å². The van der Waals surface area contributed by atoms with Gasteiger partial charge in [0, 0.05) is 15.8 Å². The van der Waals surface area contributed by atoms with Crippen LogP contribution in [0.15, 0.2) is 32.5 Å². The van der Waals surface area contributed by atoms with E-state index in [0.29, 0.717) is 5.56 Å². The van der Waals surface area contributed by atoms with Crippen LogP contribution in [0.1, 0.15) is 16.5 Å². The van der Waals surface area contributed by atoms with E-state index in [0.717, 1.165) is 13.1 Å². The number of benzene rings is 1. The zero-order chi connectivity index (χ0) is 14.0. The topological polar surface area (TPSA) is 29.5 Å². The van der Waals surface area contributed by atoms with E-state index in [-0.39, 0.29) is 12.2 Å².